The fourth-order valence-electron chi connectivity index (χ4n) is 1.47. The molecule has 1 N–H and O–H groups in total. The molecule has 0 fully saturated rings. The van der Waals surface area contributed by atoms with Gasteiger partial charge in [-0.15, -0.1) is 0 Å². The molecule has 1 aromatic carbocycles. The van der Waals surface area contributed by atoms with Gasteiger partial charge in [0.05, 0.1) is 12.3 Å². The Balaban J connectivity index is 1.79. The van der Waals surface area contributed by atoms with E-state index in [2.05, 4.69) is 10.5 Å². The summed E-state index contributed by atoms with van der Waals surface area (Å²) in [5, 5.41) is 7.22. The molecule has 3 nitrogen and oxygen atoms in total. The highest BCUT2D eigenvalue weighted by Crippen LogP contribution is 2.12. The molecule has 1 atom stereocenters. The number of nitrogens with one attached hydrogen (secondary N) is 1. The lowest BCUT2D eigenvalue weighted by atomic mass is 10.2. The van der Waals surface area contributed by atoms with Crippen LogP contribution in [-0.2, 0) is 4.84 Å². The highest BCUT2D eigenvalue weighted by Gasteiger charge is 2.17. The van der Waals surface area contributed by atoms with E-state index in [0.717, 1.165) is 24.4 Å². The Morgan fingerprint density at radius 2 is 2.21 bits per heavy atom. The van der Waals surface area contributed by atoms with Crippen molar-refractivity contribution in [3.05, 3.63) is 30.3 Å². The first kappa shape index (κ1) is 9.06. The van der Waals surface area contributed by atoms with Crippen LogP contribution in [0.2, 0.25) is 0 Å². The highest BCUT2D eigenvalue weighted by molar-refractivity contribution is 5.82. The molecule has 0 amide bonds. The second-order valence-corrected chi connectivity index (χ2v) is 3.51. The summed E-state index contributed by atoms with van der Waals surface area (Å²) >= 11 is 0. The van der Waals surface area contributed by atoms with Crippen LogP contribution in [0.3, 0.4) is 0 Å². The molecule has 0 spiro atoms. The van der Waals surface area contributed by atoms with Crippen LogP contribution in [0.5, 0.6) is 0 Å². The van der Waals surface area contributed by atoms with Gasteiger partial charge in [0, 0.05) is 12.1 Å². The number of para-hydroxylation sites is 1. The van der Waals surface area contributed by atoms with Crippen molar-refractivity contribution < 1.29 is 4.84 Å². The predicted molar refractivity (Wildman–Crippen MR) is 57.5 cm³/mol. The van der Waals surface area contributed by atoms with Crippen molar-refractivity contribution in [2.75, 3.05) is 11.9 Å². The molecule has 1 aliphatic rings. The van der Waals surface area contributed by atoms with Crippen molar-refractivity contribution in [1.82, 2.24) is 0 Å². The van der Waals surface area contributed by atoms with E-state index in [0.29, 0.717) is 0 Å². The number of hydrogen-bond acceptors (Lipinski definition) is 3. The third-order valence-electron chi connectivity index (χ3n) is 2.19. The first-order valence-electron chi connectivity index (χ1n) is 4.83. The molecule has 74 valence electrons. The van der Waals surface area contributed by atoms with Gasteiger partial charge >= 0.3 is 0 Å². The van der Waals surface area contributed by atoms with E-state index >= 15 is 0 Å². The third kappa shape index (κ3) is 2.25. The fraction of sp³-hybridized carbons (Fsp3) is 0.364. The van der Waals surface area contributed by atoms with Crippen molar-refractivity contribution in [3.63, 3.8) is 0 Å². The van der Waals surface area contributed by atoms with Gasteiger partial charge in [0.15, 0.2) is 0 Å². The monoisotopic (exact) mass is 190 g/mol. The quantitative estimate of drug-likeness (QED) is 0.793. The van der Waals surface area contributed by atoms with Gasteiger partial charge in [0.1, 0.15) is 6.10 Å². The molecular weight excluding hydrogens is 176 g/mol. The zero-order valence-electron chi connectivity index (χ0n) is 8.23. The van der Waals surface area contributed by atoms with Crippen LogP contribution in [0.1, 0.15) is 13.3 Å². The number of benzene rings is 1. The Hall–Kier alpha value is -1.51. The van der Waals surface area contributed by atoms with Crippen LogP contribution < -0.4 is 5.32 Å². The summed E-state index contributed by atoms with van der Waals surface area (Å²) in [5.41, 5.74) is 2.20. The average Bonchev–Trinajstić information content (AvgIpc) is 2.63. The number of anilines is 1. The Morgan fingerprint density at radius 3 is 2.86 bits per heavy atom. The molecule has 3 heteroatoms. The van der Waals surface area contributed by atoms with Gasteiger partial charge in [-0.05, 0) is 19.1 Å². The van der Waals surface area contributed by atoms with Crippen LogP contribution in [0.15, 0.2) is 35.5 Å². The van der Waals surface area contributed by atoms with Crippen molar-refractivity contribution >= 4 is 11.4 Å². The average molecular weight is 190 g/mol. The van der Waals surface area contributed by atoms with Crippen LogP contribution in [-0.4, -0.2) is 18.4 Å². The molecule has 14 heavy (non-hydrogen) atoms. The minimum absolute atomic E-state index is 0.190. The minimum atomic E-state index is 0.190. The maximum Gasteiger partial charge on any atom is 0.149 e. The van der Waals surface area contributed by atoms with Gasteiger partial charge in [-0.3, -0.25) is 0 Å². The van der Waals surface area contributed by atoms with Crippen molar-refractivity contribution in [3.8, 4) is 0 Å². The number of hydrogen-bond donors (Lipinski definition) is 1. The molecule has 0 aliphatic carbocycles. The lowest BCUT2D eigenvalue weighted by molar-refractivity contribution is 0.0949. The standard InChI is InChI=1S/C11H14N2O/c1-9-7-11(14-13-9)8-12-10-5-3-2-4-6-10/h2-6,11-12H,7-8H2,1H3/t11-/m0/s1. The van der Waals surface area contributed by atoms with E-state index < -0.39 is 0 Å². The van der Waals surface area contributed by atoms with E-state index in [-0.39, 0.29) is 6.10 Å². The molecule has 2 rings (SSSR count). The van der Waals surface area contributed by atoms with E-state index in [1.165, 1.54) is 0 Å². The largest absolute Gasteiger partial charge is 0.390 e. The molecule has 1 aromatic rings. The van der Waals surface area contributed by atoms with Gasteiger partial charge in [-0.25, -0.2) is 0 Å². The molecule has 0 aromatic heterocycles. The van der Waals surface area contributed by atoms with Gasteiger partial charge in [-0.2, -0.15) is 0 Å². The molecule has 1 aliphatic heterocycles. The minimum Gasteiger partial charge on any atom is -0.390 e. The zero-order chi connectivity index (χ0) is 9.80. The van der Waals surface area contributed by atoms with Crippen LogP contribution >= 0.6 is 0 Å². The molecular formula is C11H14N2O. The van der Waals surface area contributed by atoms with Gasteiger partial charge in [-0.1, -0.05) is 23.4 Å². The normalized spacial score (nSPS) is 20.1. The highest BCUT2D eigenvalue weighted by atomic mass is 16.6. The molecule has 0 radical (unpaired) electrons. The van der Waals surface area contributed by atoms with Crippen LogP contribution in [0.25, 0.3) is 0 Å². The second kappa shape index (κ2) is 4.13. The van der Waals surface area contributed by atoms with Crippen molar-refractivity contribution in [2.45, 2.75) is 19.4 Å². The lowest BCUT2D eigenvalue weighted by Crippen LogP contribution is -2.19. The van der Waals surface area contributed by atoms with E-state index in [1.54, 1.807) is 0 Å². The predicted octanol–water partition coefficient (Wildman–Crippen LogP) is 2.26. The first-order valence-corrected chi connectivity index (χ1v) is 4.83. The summed E-state index contributed by atoms with van der Waals surface area (Å²) < 4.78 is 0. The first-order chi connectivity index (χ1) is 6.84. The smallest absolute Gasteiger partial charge is 0.149 e. The third-order valence-corrected chi connectivity index (χ3v) is 2.19. The summed E-state index contributed by atoms with van der Waals surface area (Å²) in [6.07, 6.45) is 1.12. The maximum atomic E-state index is 5.21. The van der Waals surface area contributed by atoms with E-state index in [1.807, 2.05) is 37.3 Å². The summed E-state index contributed by atoms with van der Waals surface area (Å²) in [4.78, 5) is 5.21. The Bertz CT molecular complexity index is 321. The van der Waals surface area contributed by atoms with Gasteiger partial charge in [0.25, 0.3) is 0 Å². The van der Waals surface area contributed by atoms with E-state index in [9.17, 15) is 0 Å². The summed E-state index contributed by atoms with van der Waals surface area (Å²) in [7, 11) is 0. The maximum absolute atomic E-state index is 5.21. The number of rotatable bonds is 3. The van der Waals surface area contributed by atoms with Gasteiger partial charge in [0.2, 0.25) is 0 Å². The van der Waals surface area contributed by atoms with Crippen LogP contribution in [0, 0.1) is 0 Å². The molecule has 1 heterocycles. The molecule has 0 bridgehead atoms. The molecule has 0 saturated carbocycles. The Morgan fingerprint density at radius 1 is 1.43 bits per heavy atom. The second-order valence-electron chi connectivity index (χ2n) is 3.51. The van der Waals surface area contributed by atoms with E-state index in [4.69, 9.17) is 4.84 Å². The fourth-order valence-corrected chi connectivity index (χ4v) is 1.47. The Labute approximate surface area is 83.8 Å². The summed E-state index contributed by atoms with van der Waals surface area (Å²) in [6.45, 7) is 2.80. The Kier molecular flexibility index (Phi) is 2.68. The number of oxime groups is 1. The number of nitrogens with zero attached hydrogens (tertiary/aromatic N) is 1. The summed E-state index contributed by atoms with van der Waals surface area (Å²) in [5.74, 6) is 0. The summed E-state index contributed by atoms with van der Waals surface area (Å²) in [6, 6.07) is 10.1. The van der Waals surface area contributed by atoms with Crippen molar-refractivity contribution in [1.29, 1.82) is 0 Å². The van der Waals surface area contributed by atoms with Crippen LogP contribution in [0.4, 0.5) is 5.69 Å². The topological polar surface area (TPSA) is 33.6 Å². The molecule has 0 saturated heterocycles. The lowest BCUT2D eigenvalue weighted by Gasteiger charge is -2.10. The van der Waals surface area contributed by atoms with Crippen molar-refractivity contribution in [2.24, 2.45) is 5.16 Å². The molecule has 0 unspecified atom stereocenters. The van der Waals surface area contributed by atoms with Gasteiger partial charge < -0.3 is 10.2 Å². The zero-order valence-corrected chi connectivity index (χ0v) is 8.23. The SMILES string of the molecule is CC1=NO[C@H](CNc2ccccc2)C1.